The van der Waals surface area contributed by atoms with Crippen molar-refractivity contribution in [3.63, 3.8) is 0 Å². The highest BCUT2D eigenvalue weighted by atomic mass is 16.2. The van der Waals surface area contributed by atoms with Crippen molar-refractivity contribution in [2.45, 2.75) is 31.8 Å². The van der Waals surface area contributed by atoms with Crippen LogP contribution in [0.25, 0.3) is 0 Å². The average molecular weight is 278 g/mol. The van der Waals surface area contributed by atoms with E-state index in [1.807, 2.05) is 0 Å². The lowest BCUT2D eigenvalue weighted by Crippen LogP contribution is -2.53. The van der Waals surface area contributed by atoms with Gasteiger partial charge in [-0.2, -0.15) is 5.10 Å². The number of urea groups is 1. The van der Waals surface area contributed by atoms with Crippen molar-refractivity contribution < 1.29 is 9.59 Å². The molecule has 0 bridgehead atoms. The van der Waals surface area contributed by atoms with Crippen LogP contribution in [0, 0.1) is 6.92 Å². The Morgan fingerprint density at radius 1 is 1.30 bits per heavy atom. The van der Waals surface area contributed by atoms with Gasteiger partial charge < -0.3 is 10.6 Å². The van der Waals surface area contributed by atoms with Crippen LogP contribution in [-0.2, 0) is 18.4 Å². The average Bonchev–Trinajstić information content (AvgIpc) is 2.83. The van der Waals surface area contributed by atoms with Gasteiger partial charge in [0.25, 0.3) is 5.91 Å². The molecule has 0 unspecified atom stereocenters. The summed E-state index contributed by atoms with van der Waals surface area (Å²) in [6, 6.07) is -0.336. The summed E-state index contributed by atoms with van der Waals surface area (Å²) >= 11 is 0. The van der Waals surface area contributed by atoms with Gasteiger partial charge in [-0.15, -0.1) is 0 Å². The fraction of sp³-hybridized carbons (Fsp3) is 0.667. The fourth-order valence-corrected chi connectivity index (χ4v) is 2.85. The molecule has 0 aliphatic carbocycles. The highest BCUT2D eigenvalue weighted by Gasteiger charge is 2.51. The first kappa shape index (κ1) is 13.0. The van der Waals surface area contributed by atoms with E-state index < -0.39 is 5.54 Å². The van der Waals surface area contributed by atoms with Gasteiger partial charge in [0.15, 0.2) is 0 Å². The van der Waals surface area contributed by atoms with Gasteiger partial charge >= 0.3 is 6.03 Å². The van der Waals surface area contributed by atoms with Crippen molar-refractivity contribution in [3.05, 3.63) is 11.6 Å². The molecule has 1 aromatic rings. The Hall–Kier alpha value is -1.96. The second-order valence-electron chi connectivity index (χ2n) is 5.35. The quantitative estimate of drug-likeness (QED) is 0.698. The molecule has 0 aromatic carbocycles. The topological polar surface area (TPSA) is 92.2 Å². The maximum absolute atomic E-state index is 12.6. The predicted octanol–water partition coefficient (Wildman–Crippen LogP) is -0.702. The summed E-state index contributed by atoms with van der Waals surface area (Å²) < 4.78 is 1.60. The number of rotatable bonds is 2. The molecule has 108 valence electrons. The molecule has 0 atom stereocenters. The van der Waals surface area contributed by atoms with Gasteiger partial charge in [0.1, 0.15) is 17.2 Å². The lowest BCUT2D eigenvalue weighted by molar-refractivity contribution is -0.132. The Balaban J connectivity index is 1.82. The van der Waals surface area contributed by atoms with E-state index in [9.17, 15) is 9.59 Å². The zero-order chi connectivity index (χ0) is 14.3. The zero-order valence-corrected chi connectivity index (χ0v) is 11.6. The van der Waals surface area contributed by atoms with Crippen LogP contribution in [-0.4, -0.2) is 50.2 Å². The Bertz CT molecular complexity index is 560. The third kappa shape index (κ3) is 1.96. The van der Waals surface area contributed by atoms with Crippen molar-refractivity contribution in [1.29, 1.82) is 0 Å². The van der Waals surface area contributed by atoms with E-state index in [0.717, 1.165) is 13.1 Å². The van der Waals surface area contributed by atoms with Crippen molar-refractivity contribution >= 4 is 11.9 Å². The smallest absolute Gasteiger partial charge is 0.323 e. The standard InChI is InChI=1S/C12H18N6O2/c1-8-14-9(17(2)16-8)7-18-10(19)12(15-11(18)20)3-5-13-6-4-12/h13H,3-7H2,1-2H3,(H,15,20). The minimum absolute atomic E-state index is 0.148. The molecule has 0 saturated carbocycles. The number of aryl methyl sites for hydroxylation is 2. The highest BCUT2D eigenvalue weighted by Crippen LogP contribution is 2.27. The van der Waals surface area contributed by atoms with E-state index in [1.165, 1.54) is 4.90 Å². The summed E-state index contributed by atoms with van der Waals surface area (Å²) in [7, 11) is 1.76. The third-order valence-electron chi connectivity index (χ3n) is 3.96. The van der Waals surface area contributed by atoms with Crippen molar-refractivity contribution in [3.8, 4) is 0 Å². The largest absolute Gasteiger partial charge is 0.325 e. The van der Waals surface area contributed by atoms with E-state index >= 15 is 0 Å². The summed E-state index contributed by atoms with van der Waals surface area (Å²) in [6.45, 7) is 3.42. The maximum atomic E-state index is 12.6. The number of imide groups is 1. The van der Waals surface area contributed by atoms with Gasteiger partial charge in [-0.1, -0.05) is 0 Å². The minimum atomic E-state index is -0.726. The number of nitrogens with zero attached hydrogens (tertiary/aromatic N) is 4. The second kappa shape index (κ2) is 4.55. The number of piperidine rings is 1. The van der Waals surface area contributed by atoms with Gasteiger partial charge in [0.05, 0.1) is 6.54 Å². The second-order valence-corrected chi connectivity index (χ2v) is 5.35. The first-order chi connectivity index (χ1) is 9.52. The number of nitrogens with one attached hydrogen (secondary N) is 2. The van der Waals surface area contributed by atoms with Crippen LogP contribution in [0.5, 0.6) is 0 Å². The van der Waals surface area contributed by atoms with E-state index in [2.05, 4.69) is 20.7 Å². The zero-order valence-electron chi connectivity index (χ0n) is 11.6. The van der Waals surface area contributed by atoms with E-state index in [4.69, 9.17) is 0 Å². The van der Waals surface area contributed by atoms with E-state index in [1.54, 1.807) is 18.7 Å². The highest BCUT2D eigenvalue weighted by molar-refractivity contribution is 6.07. The summed E-state index contributed by atoms with van der Waals surface area (Å²) in [4.78, 5) is 30.2. The maximum Gasteiger partial charge on any atom is 0.325 e. The Morgan fingerprint density at radius 2 is 2.00 bits per heavy atom. The van der Waals surface area contributed by atoms with Crippen molar-refractivity contribution in [2.24, 2.45) is 7.05 Å². The molecule has 8 nitrogen and oxygen atoms in total. The molecule has 2 N–H and O–H groups in total. The molecule has 8 heteroatoms. The molecule has 3 amide bonds. The summed E-state index contributed by atoms with van der Waals surface area (Å²) in [6.07, 6.45) is 1.26. The number of hydrogen-bond acceptors (Lipinski definition) is 5. The summed E-state index contributed by atoms with van der Waals surface area (Å²) in [5.41, 5.74) is -0.726. The first-order valence-corrected chi connectivity index (χ1v) is 6.73. The predicted molar refractivity (Wildman–Crippen MR) is 69.7 cm³/mol. The normalized spacial score (nSPS) is 21.6. The Morgan fingerprint density at radius 3 is 2.60 bits per heavy atom. The van der Waals surface area contributed by atoms with Crippen LogP contribution < -0.4 is 10.6 Å². The number of hydrogen-bond donors (Lipinski definition) is 2. The minimum Gasteiger partial charge on any atom is -0.323 e. The molecular formula is C12H18N6O2. The number of aromatic nitrogens is 3. The lowest BCUT2D eigenvalue weighted by Gasteiger charge is -2.31. The van der Waals surface area contributed by atoms with Crippen LogP contribution in [0.1, 0.15) is 24.5 Å². The molecule has 3 rings (SSSR count). The van der Waals surface area contributed by atoms with Crippen LogP contribution in [0.3, 0.4) is 0 Å². The van der Waals surface area contributed by atoms with Gasteiger partial charge in [0, 0.05) is 7.05 Å². The van der Waals surface area contributed by atoms with Crippen LogP contribution >= 0.6 is 0 Å². The lowest BCUT2D eigenvalue weighted by atomic mass is 9.88. The van der Waals surface area contributed by atoms with Crippen molar-refractivity contribution in [2.75, 3.05) is 13.1 Å². The Labute approximate surface area is 116 Å². The summed E-state index contributed by atoms with van der Waals surface area (Å²) in [5.74, 6) is 1.09. The number of carbonyl (C=O) groups is 2. The molecule has 0 radical (unpaired) electrons. The van der Waals surface area contributed by atoms with E-state index in [-0.39, 0.29) is 18.5 Å². The molecule has 2 saturated heterocycles. The van der Waals surface area contributed by atoms with Gasteiger partial charge in [0.2, 0.25) is 0 Å². The van der Waals surface area contributed by atoms with Crippen LogP contribution in [0.15, 0.2) is 0 Å². The first-order valence-electron chi connectivity index (χ1n) is 6.73. The van der Waals surface area contributed by atoms with Crippen LogP contribution in [0.2, 0.25) is 0 Å². The van der Waals surface area contributed by atoms with Gasteiger partial charge in [-0.25, -0.2) is 9.78 Å². The molecule has 20 heavy (non-hydrogen) atoms. The van der Waals surface area contributed by atoms with Gasteiger partial charge in [-0.3, -0.25) is 14.4 Å². The monoisotopic (exact) mass is 278 g/mol. The number of carbonyl (C=O) groups excluding carboxylic acids is 2. The van der Waals surface area contributed by atoms with Crippen LogP contribution in [0.4, 0.5) is 4.79 Å². The summed E-state index contributed by atoms with van der Waals surface area (Å²) in [5, 5.41) is 10.2. The third-order valence-corrected chi connectivity index (χ3v) is 3.96. The fourth-order valence-electron chi connectivity index (χ4n) is 2.85. The van der Waals surface area contributed by atoms with Crippen molar-refractivity contribution in [1.82, 2.24) is 30.3 Å². The molecule has 2 fully saturated rings. The number of amides is 3. The molecule has 3 heterocycles. The molecule has 1 spiro atoms. The molecular weight excluding hydrogens is 260 g/mol. The van der Waals surface area contributed by atoms with E-state index in [0.29, 0.717) is 24.5 Å². The Kier molecular flexibility index (Phi) is 2.97. The molecule has 2 aliphatic heterocycles. The SMILES string of the molecule is Cc1nc(CN2C(=O)NC3(CCNCC3)C2=O)n(C)n1. The van der Waals surface area contributed by atoms with Gasteiger partial charge in [-0.05, 0) is 32.9 Å². The molecule has 1 aromatic heterocycles. The molecule has 2 aliphatic rings.